The lowest BCUT2D eigenvalue weighted by molar-refractivity contribution is 0.144. The number of hydrogen-bond donors (Lipinski definition) is 0. The molecule has 0 saturated carbocycles. The summed E-state index contributed by atoms with van der Waals surface area (Å²) in [7, 11) is -2.98. The first kappa shape index (κ1) is 18.5. The van der Waals surface area contributed by atoms with Gasteiger partial charge in [-0.1, -0.05) is 36.4 Å². The van der Waals surface area contributed by atoms with Gasteiger partial charge in [0, 0.05) is 12.6 Å². The average molecular weight is 422 g/mol. The van der Waals surface area contributed by atoms with Crippen LogP contribution in [0.2, 0.25) is 0 Å². The van der Waals surface area contributed by atoms with Crippen LogP contribution in [0.5, 0.6) is 0 Å². The third-order valence-electron chi connectivity index (χ3n) is 4.61. The second-order valence-electron chi connectivity index (χ2n) is 6.58. The second-order valence-corrected chi connectivity index (χ2v) is 10.1. The minimum atomic E-state index is -2.98. The molecular weight excluding hydrogens is 402 g/mol. The molecule has 1 saturated heterocycles. The molecule has 2 aromatic heterocycles. The minimum absolute atomic E-state index is 0.0565. The minimum Gasteiger partial charge on any atom is -0.408 e. The van der Waals surface area contributed by atoms with Crippen LogP contribution in [-0.2, 0) is 23.1 Å². The summed E-state index contributed by atoms with van der Waals surface area (Å²) >= 11 is 6.88. The van der Waals surface area contributed by atoms with Crippen molar-refractivity contribution in [3.8, 4) is 10.8 Å². The van der Waals surface area contributed by atoms with Crippen LogP contribution < -0.4 is 0 Å². The Labute approximate surface area is 167 Å². The molecule has 3 heterocycles. The van der Waals surface area contributed by atoms with E-state index in [0.717, 1.165) is 10.4 Å². The first-order valence-corrected chi connectivity index (χ1v) is 11.7. The van der Waals surface area contributed by atoms with Gasteiger partial charge in [0.25, 0.3) is 10.7 Å². The molecule has 6 nitrogen and oxygen atoms in total. The lowest BCUT2D eigenvalue weighted by Crippen LogP contribution is -2.37. The molecule has 1 aliphatic heterocycles. The van der Waals surface area contributed by atoms with Crippen molar-refractivity contribution < 1.29 is 12.8 Å². The fraction of sp³-hybridized carbons (Fsp3) is 0.333. The van der Waals surface area contributed by atoms with Crippen LogP contribution in [0.4, 0.5) is 0 Å². The number of thiophene rings is 1. The van der Waals surface area contributed by atoms with Gasteiger partial charge in [-0.2, -0.15) is 0 Å². The van der Waals surface area contributed by atoms with Crippen molar-refractivity contribution in [1.29, 1.82) is 0 Å². The molecule has 0 unspecified atom stereocenters. The molecule has 0 spiro atoms. The van der Waals surface area contributed by atoms with Gasteiger partial charge in [0.15, 0.2) is 9.84 Å². The van der Waals surface area contributed by atoms with Crippen molar-refractivity contribution >= 4 is 33.4 Å². The molecular formula is C18H19N3O3S3. The first-order valence-electron chi connectivity index (χ1n) is 8.60. The highest BCUT2D eigenvalue weighted by molar-refractivity contribution is 7.91. The molecule has 0 radical (unpaired) electrons. The van der Waals surface area contributed by atoms with Crippen LogP contribution in [0.25, 0.3) is 10.8 Å². The highest BCUT2D eigenvalue weighted by Gasteiger charge is 2.32. The summed E-state index contributed by atoms with van der Waals surface area (Å²) in [5.74, 6) is 0.893. The van der Waals surface area contributed by atoms with E-state index < -0.39 is 9.84 Å². The molecule has 0 aliphatic carbocycles. The molecule has 27 heavy (non-hydrogen) atoms. The molecule has 1 aliphatic rings. The second kappa shape index (κ2) is 7.67. The Bertz CT molecular complexity index is 1060. The smallest absolute Gasteiger partial charge is 0.288 e. The Balaban J connectivity index is 1.60. The lowest BCUT2D eigenvalue weighted by atomic mass is 10.1. The molecule has 142 valence electrons. The van der Waals surface area contributed by atoms with Gasteiger partial charge in [-0.3, -0.25) is 4.90 Å². The van der Waals surface area contributed by atoms with Gasteiger partial charge < -0.3 is 4.42 Å². The van der Waals surface area contributed by atoms with E-state index in [9.17, 15) is 8.42 Å². The summed E-state index contributed by atoms with van der Waals surface area (Å²) in [6.07, 6.45) is 0.623. The van der Waals surface area contributed by atoms with Crippen LogP contribution in [0.15, 0.2) is 52.3 Å². The largest absolute Gasteiger partial charge is 0.408 e. The van der Waals surface area contributed by atoms with E-state index in [0.29, 0.717) is 25.5 Å². The monoisotopic (exact) mass is 421 g/mol. The molecule has 1 aromatic carbocycles. The van der Waals surface area contributed by atoms with Crippen molar-refractivity contribution in [2.75, 3.05) is 11.5 Å². The standard InChI is InChI=1S/C18H19N3O3S3/c22-27(23)10-8-15(12-27)20(11-14-5-2-1-3-6-14)13-21-18(25)24-17(19-21)16-7-4-9-26-16/h1-7,9,15H,8,10-13H2/t15-/m0/s1. The van der Waals surface area contributed by atoms with E-state index in [2.05, 4.69) is 10.00 Å². The van der Waals surface area contributed by atoms with Crippen LogP contribution in [0.3, 0.4) is 0 Å². The summed E-state index contributed by atoms with van der Waals surface area (Å²) in [5, 5.41) is 6.46. The number of nitrogens with zero attached hydrogens (tertiary/aromatic N) is 3. The predicted octanol–water partition coefficient (Wildman–Crippen LogP) is 3.58. The predicted molar refractivity (Wildman–Crippen MR) is 108 cm³/mol. The van der Waals surface area contributed by atoms with Gasteiger partial charge in [-0.05, 0) is 35.6 Å². The SMILES string of the molecule is O=S1(=O)CC[C@H](N(Cc2ccccc2)Cn2nc(-c3cccs3)oc2=S)C1. The normalized spacial score (nSPS) is 18.9. The fourth-order valence-electron chi connectivity index (χ4n) is 3.24. The number of benzene rings is 1. The summed E-state index contributed by atoms with van der Waals surface area (Å²) in [4.78, 5) is 3.33. The molecule has 9 heteroatoms. The fourth-order valence-corrected chi connectivity index (χ4v) is 5.83. The summed E-state index contributed by atoms with van der Waals surface area (Å²) in [6.45, 7) is 1.02. The van der Waals surface area contributed by atoms with Crippen molar-refractivity contribution in [3.63, 3.8) is 0 Å². The molecule has 0 amide bonds. The topological polar surface area (TPSA) is 68.3 Å². The van der Waals surface area contributed by atoms with Crippen LogP contribution in [-0.4, -0.2) is 40.6 Å². The number of rotatable bonds is 6. The van der Waals surface area contributed by atoms with Gasteiger partial charge in [-0.15, -0.1) is 16.4 Å². The summed E-state index contributed by atoms with van der Waals surface area (Å²) < 4.78 is 31.3. The van der Waals surface area contributed by atoms with Gasteiger partial charge in [-0.25, -0.2) is 13.1 Å². The maximum absolute atomic E-state index is 12.0. The maximum atomic E-state index is 12.0. The van der Waals surface area contributed by atoms with E-state index in [1.54, 1.807) is 4.68 Å². The zero-order valence-corrected chi connectivity index (χ0v) is 17.0. The zero-order chi connectivity index (χ0) is 18.9. The molecule has 1 fully saturated rings. The molecule has 4 rings (SSSR count). The lowest BCUT2D eigenvalue weighted by Gasteiger charge is -2.27. The van der Waals surface area contributed by atoms with Crippen molar-refractivity contribution in [3.05, 3.63) is 58.2 Å². The van der Waals surface area contributed by atoms with Gasteiger partial charge in [0.05, 0.1) is 23.1 Å². The number of hydrogen-bond acceptors (Lipinski definition) is 7. The Morgan fingerprint density at radius 3 is 2.74 bits per heavy atom. The quantitative estimate of drug-likeness (QED) is 0.567. The van der Waals surface area contributed by atoms with Crippen molar-refractivity contribution in [2.45, 2.75) is 25.7 Å². The molecule has 1 atom stereocenters. The highest BCUT2D eigenvalue weighted by Crippen LogP contribution is 2.25. The van der Waals surface area contributed by atoms with E-state index in [1.165, 1.54) is 11.3 Å². The van der Waals surface area contributed by atoms with Gasteiger partial charge >= 0.3 is 0 Å². The average Bonchev–Trinajstić information content (AvgIpc) is 3.36. The Morgan fingerprint density at radius 2 is 2.07 bits per heavy atom. The van der Waals surface area contributed by atoms with Gasteiger partial charge in [0.2, 0.25) is 0 Å². The van der Waals surface area contributed by atoms with E-state index >= 15 is 0 Å². The van der Waals surface area contributed by atoms with Crippen molar-refractivity contribution in [2.24, 2.45) is 0 Å². The van der Waals surface area contributed by atoms with E-state index in [1.807, 2.05) is 47.8 Å². The highest BCUT2D eigenvalue weighted by atomic mass is 32.2. The molecule has 3 aromatic rings. The van der Waals surface area contributed by atoms with Crippen LogP contribution in [0.1, 0.15) is 12.0 Å². The third-order valence-corrected chi connectivity index (χ3v) is 7.51. The van der Waals surface area contributed by atoms with Crippen molar-refractivity contribution in [1.82, 2.24) is 14.7 Å². The zero-order valence-electron chi connectivity index (χ0n) is 14.5. The Hall–Kier alpha value is -1.81. The summed E-state index contributed by atoms with van der Waals surface area (Å²) in [5.41, 5.74) is 1.12. The maximum Gasteiger partial charge on any atom is 0.288 e. The van der Waals surface area contributed by atoms with Crippen LogP contribution >= 0.6 is 23.6 Å². The van der Waals surface area contributed by atoms with Crippen LogP contribution in [0, 0.1) is 4.84 Å². The number of sulfone groups is 1. The molecule has 0 bridgehead atoms. The van der Waals surface area contributed by atoms with E-state index in [4.69, 9.17) is 16.6 Å². The Morgan fingerprint density at radius 1 is 1.26 bits per heavy atom. The first-order chi connectivity index (χ1) is 13.0. The van der Waals surface area contributed by atoms with Gasteiger partial charge in [0.1, 0.15) is 0 Å². The Kier molecular flexibility index (Phi) is 5.27. The third kappa shape index (κ3) is 4.37. The van der Waals surface area contributed by atoms with E-state index in [-0.39, 0.29) is 22.4 Å². The number of aromatic nitrogens is 2. The molecule has 0 N–H and O–H groups in total. The summed E-state index contributed by atoms with van der Waals surface area (Å²) in [6, 6.07) is 13.8.